The molecule has 1 aliphatic rings. The number of fused-ring (bicyclic) bond motifs is 3. The van der Waals surface area contributed by atoms with Gasteiger partial charge in [0, 0.05) is 28.2 Å². The van der Waals surface area contributed by atoms with Gasteiger partial charge in [0.25, 0.3) is 0 Å². The lowest BCUT2D eigenvalue weighted by Crippen LogP contribution is -2.13. The molecular formula is C12H10Cl2N2. The molecular weight excluding hydrogens is 243 g/mol. The van der Waals surface area contributed by atoms with Gasteiger partial charge in [-0.3, -0.25) is 0 Å². The van der Waals surface area contributed by atoms with Crippen LogP contribution in [-0.2, 0) is 6.42 Å². The Morgan fingerprint density at radius 3 is 3.00 bits per heavy atom. The third-order valence-electron chi connectivity index (χ3n) is 2.90. The molecule has 1 N–H and O–H groups in total. The van der Waals surface area contributed by atoms with Crippen molar-refractivity contribution < 1.29 is 0 Å². The van der Waals surface area contributed by atoms with Gasteiger partial charge in [0.05, 0.1) is 5.52 Å². The van der Waals surface area contributed by atoms with Gasteiger partial charge < -0.3 is 5.32 Å². The lowest BCUT2D eigenvalue weighted by Gasteiger charge is -2.20. The molecule has 0 saturated heterocycles. The zero-order valence-corrected chi connectivity index (χ0v) is 10.1. The van der Waals surface area contributed by atoms with Crippen molar-refractivity contribution in [3.05, 3.63) is 33.9 Å². The number of hydrogen-bond acceptors (Lipinski definition) is 2. The molecule has 2 nitrogen and oxygen atoms in total. The van der Waals surface area contributed by atoms with Crippen molar-refractivity contribution >= 4 is 39.8 Å². The highest BCUT2D eigenvalue weighted by Gasteiger charge is 2.16. The van der Waals surface area contributed by atoms with Crippen molar-refractivity contribution in [2.75, 3.05) is 11.9 Å². The molecule has 16 heavy (non-hydrogen) atoms. The fourth-order valence-electron chi connectivity index (χ4n) is 2.15. The Labute approximate surface area is 104 Å². The number of nitrogens with zero attached hydrogens (tertiary/aromatic N) is 1. The SMILES string of the molecule is Clc1ccc2nc(Cl)c3c(c2c1)NCCC3. The van der Waals surface area contributed by atoms with Crippen LogP contribution in [0.4, 0.5) is 5.69 Å². The van der Waals surface area contributed by atoms with E-state index in [0.717, 1.165) is 46.6 Å². The first kappa shape index (κ1) is 10.2. The highest BCUT2D eigenvalue weighted by Crippen LogP contribution is 2.35. The van der Waals surface area contributed by atoms with Crippen LogP contribution >= 0.6 is 23.2 Å². The molecule has 0 aliphatic carbocycles. The van der Waals surface area contributed by atoms with E-state index in [4.69, 9.17) is 23.2 Å². The summed E-state index contributed by atoms with van der Waals surface area (Å²) in [6.07, 6.45) is 2.08. The van der Waals surface area contributed by atoms with E-state index in [-0.39, 0.29) is 0 Å². The molecule has 1 aliphatic heterocycles. The minimum absolute atomic E-state index is 0.608. The number of aromatic nitrogens is 1. The maximum Gasteiger partial charge on any atom is 0.135 e. The first-order chi connectivity index (χ1) is 7.75. The van der Waals surface area contributed by atoms with Crippen LogP contribution in [0.2, 0.25) is 10.2 Å². The van der Waals surface area contributed by atoms with Crippen molar-refractivity contribution in [3.63, 3.8) is 0 Å². The fourth-order valence-corrected chi connectivity index (χ4v) is 2.61. The average molecular weight is 253 g/mol. The van der Waals surface area contributed by atoms with Crippen LogP contribution in [-0.4, -0.2) is 11.5 Å². The standard InChI is InChI=1S/C12H10Cl2N2/c13-7-3-4-10-9(6-7)11-8(12(14)16-10)2-1-5-15-11/h3-4,6,15H,1-2,5H2. The predicted octanol–water partition coefficient (Wildman–Crippen LogP) is 3.90. The van der Waals surface area contributed by atoms with Crippen LogP contribution in [0.25, 0.3) is 10.9 Å². The second-order valence-corrected chi connectivity index (χ2v) is 4.74. The average Bonchev–Trinajstić information content (AvgIpc) is 2.31. The quantitative estimate of drug-likeness (QED) is 0.720. The Morgan fingerprint density at radius 1 is 1.25 bits per heavy atom. The van der Waals surface area contributed by atoms with Gasteiger partial charge in [-0.05, 0) is 31.0 Å². The molecule has 0 bridgehead atoms. The van der Waals surface area contributed by atoms with Gasteiger partial charge in [0.15, 0.2) is 0 Å². The first-order valence-corrected chi connectivity index (χ1v) is 6.03. The lowest BCUT2D eigenvalue weighted by atomic mass is 10.0. The van der Waals surface area contributed by atoms with Crippen molar-refractivity contribution in [1.29, 1.82) is 0 Å². The summed E-state index contributed by atoms with van der Waals surface area (Å²) in [5.74, 6) is 0. The van der Waals surface area contributed by atoms with Gasteiger partial charge in [0.1, 0.15) is 5.15 Å². The van der Waals surface area contributed by atoms with Crippen molar-refractivity contribution in [2.24, 2.45) is 0 Å². The summed E-state index contributed by atoms with van der Waals surface area (Å²) in [6, 6.07) is 5.68. The summed E-state index contributed by atoms with van der Waals surface area (Å²) in [6.45, 7) is 0.981. The van der Waals surface area contributed by atoms with Crippen LogP contribution in [0.5, 0.6) is 0 Å². The van der Waals surface area contributed by atoms with E-state index < -0.39 is 0 Å². The Hall–Kier alpha value is -0.990. The number of halogens is 2. The number of pyridine rings is 1. The van der Waals surface area contributed by atoms with Gasteiger partial charge in [-0.2, -0.15) is 0 Å². The second-order valence-electron chi connectivity index (χ2n) is 3.95. The van der Waals surface area contributed by atoms with Crippen LogP contribution in [0.15, 0.2) is 18.2 Å². The largest absolute Gasteiger partial charge is 0.384 e. The molecule has 0 fully saturated rings. The molecule has 0 radical (unpaired) electrons. The maximum absolute atomic E-state index is 6.18. The molecule has 0 amide bonds. The number of benzene rings is 1. The minimum Gasteiger partial charge on any atom is -0.384 e. The van der Waals surface area contributed by atoms with E-state index in [1.54, 1.807) is 0 Å². The van der Waals surface area contributed by atoms with E-state index in [9.17, 15) is 0 Å². The van der Waals surface area contributed by atoms with Crippen molar-refractivity contribution in [1.82, 2.24) is 4.98 Å². The van der Waals surface area contributed by atoms with Gasteiger partial charge in [-0.25, -0.2) is 4.98 Å². The summed E-state index contributed by atoms with van der Waals surface area (Å²) in [4.78, 5) is 4.40. The van der Waals surface area contributed by atoms with E-state index in [2.05, 4.69) is 10.3 Å². The van der Waals surface area contributed by atoms with E-state index in [0.29, 0.717) is 5.15 Å². The highest BCUT2D eigenvalue weighted by molar-refractivity contribution is 6.32. The molecule has 0 saturated carbocycles. The molecule has 82 valence electrons. The van der Waals surface area contributed by atoms with Crippen molar-refractivity contribution in [3.8, 4) is 0 Å². The van der Waals surface area contributed by atoms with Crippen molar-refractivity contribution in [2.45, 2.75) is 12.8 Å². The molecule has 0 unspecified atom stereocenters. The highest BCUT2D eigenvalue weighted by atomic mass is 35.5. The Bertz CT molecular complexity index is 566. The monoisotopic (exact) mass is 252 g/mol. The van der Waals surface area contributed by atoms with Crippen LogP contribution in [0.1, 0.15) is 12.0 Å². The molecule has 1 aromatic carbocycles. The van der Waals surface area contributed by atoms with Crippen LogP contribution < -0.4 is 5.32 Å². The number of rotatable bonds is 0. The molecule has 3 rings (SSSR count). The van der Waals surface area contributed by atoms with Gasteiger partial charge in [0.2, 0.25) is 0 Å². The molecule has 1 aromatic heterocycles. The third kappa shape index (κ3) is 1.53. The Balaban J connectivity index is 2.38. The maximum atomic E-state index is 6.18. The van der Waals surface area contributed by atoms with Gasteiger partial charge >= 0.3 is 0 Å². The summed E-state index contributed by atoms with van der Waals surface area (Å²) in [7, 11) is 0. The lowest BCUT2D eigenvalue weighted by molar-refractivity contribution is 0.829. The van der Waals surface area contributed by atoms with E-state index in [1.165, 1.54) is 0 Å². The predicted molar refractivity (Wildman–Crippen MR) is 68.6 cm³/mol. The molecule has 2 heterocycles. The zero-order chi connectivity index (χ0) is 11.1. The number of nitrogens with one attached hydrogen (secondary N) is 1. The van der Waals surface area contributed by atoms with Gasteiger partial charge in [-0.15, -0.1) is 0 Å². The van der Waals surface area contributed by atoms with Gasteiger partial charge in [-0.1, -0.05) is 23.2 Å². The summed E-state index contributed by atoms with van der Waals surface area (Å²) >= 11 is 12.2. The fraction of sp³-hybridized carbons (Fsp3) is 0.250. The summed E-state index contributed by atoms with van der Waals surface area (Å²) in [5.41, 5.74) is 3.11. The van der Waals surface area contributed by atoms with E-state index in [1.807, 2.05) is 18.2 Å². The van der Waals surface area contributed by atoms with Crippen LogP contribution in [0, 0.1) is 0 Å². The smallest absolute Gasteiger partial charge is 0.135 e. The Kier molecular flexibility index (Phi) is 2.41. The summed E-state index contributed by atoms with van der Waals surface area (Å²) < 4.78 is 0. The number of hydrogen-bond donors (Lipinski definition) is 1. The normalized spacial score (nSPS) is 14.6. The van der Waals surface area contributed by atoms with E-state index >= 15 is 0 Å². The molecule has 0 spiro atoms. The minimum atomic E-state index is 0.608. The van der Waals surface area contributed by atoms with Crippen LogP contribution in [0.3, 0.4) is 0 Å². The zero-order valence-electron chi connectivity index (χ0n) is 8.56. The third-order valence-corrected chi connectivity index (χ3v) is 3.45. The molecule has 0 atom stereocenters. The number of anilines is 1. The Morgan fingerprint density at radius 2 is 2.12 bits per heavy atom. The topological polar surface area (TPSA) is 24.9 Å². The molecule has 2 aromatic rings. The second kappa shape index (κ2) is 3.79. The first-order valence-electron chi connectivity index (χ1n) is 5.27. The summed E-state index contributed by atoms with van der Waals surface area (Å²) in [5, 5.41) is 5.79. The molecule has 4 heteroatoms.